The van der Waals surface area contributed by atoms with Gasteiger partial charge in [-0.3, -0.25) is 9.59 Å². The number of rotatable bonds is 11. The number of Topliss-reactive ketones (excluding diaryl/α,β-unsaturated/α-hetero) is 1. The molecule has 0 radical (unpaired) electrons. The van der Waals surface area contributed by atoms with Gasteiger partial charge in [-0.15, -0.1) is 6.58 Å². The Balaban J connectivity index is 1.73. The fourth-order valence-corrected chi connectivity index (χ4v) is 3.43. The van der Waals surface area contributed by atoms with Gasteiger partial charge in [-0.2, -0.15) is 0 Å². The van der Waals surface area contributed by atoms with Gasteiger partial charge in [0.25, 0.3) is 0 Å². The minimum atomic E-state index is -0.951. The van der Waals surface area contributed by atoms with Crippen molar-refractivity contribution >= 4 is 11.7 Å². The van der Waals surface area contributed by atoms with Gasteiger partial charge in [-0.05, 0) is 11.1 Å². The van der Waals surface area contributed by atoms with E-state index in [1.165, 1.54) is 6.92 Å². The van der Waals surface area contributed by atoms with Crippen LogP contribution in [0.15, 0.2) is 73.3 Å². The van der Waals surface area contributed by atoms with E-state index in [4.69, 9.17) is 18.9 Å². The summed E-state index contributed by atoms with van der Waals surface area (Å²) in [6, 6.07) is 18.4. The van der Waals surface area contributed by atoms with Crippen LogP contribution in [0.2, 0.25) is 0 Å². The van der Waals surface area contributed by atoms with Gasteiger partial charge in [0.15, 0.2) is 12.1 Å². The summed E-state index contributed by atoms with van der Waals surface area (Å²) in [5.41, 5.74) is 1.90. The normalized spacial score (nSPS) is 23.0. The molecule has 3 rings (SSSR count). The zero-order valence-electron chi connectivity index (χ0n) is 18.1. The molecule has 0 unspecified atom stereocenters. The molecule has 4 atom stereocenters. The Morgan fingerprint density at radius 1 is 1.03 bits per heavy atom. The number of amides is 1. The maximum atomic E-state index is 13.2. The van der Waals surface area contributed by atoms with Crippen LogP contribution in [0.4, 0.5) is 0 Å². The molecule has 0 aliphatic carbocycles. The number of ether oxygens (including phenoxy) is 4. The molecule has 0 saturated carbocycles. The predicted octanol–water partition coefficient (Wildman–Crippen LogP) is 2.79. The summed E-state index contributed by atoms with van der Waals surface area (Å²) in [4.78, 5) is 25.1. The lowest BCUT2D eigenvalue weighted by molar-refractivity contribution is -0.233. The molecule has 0 bridgehead atoms. The Morgan fingerprint density at radius 3 is 2.25 bits per heavy atom. The van der Waals surface area contributed by atoms with Gasteiger partial charge >= 0.3 is 0 Å². The fourth-order valence-electron chi connectivity index (χ4n) is 3.43. The maximum absolute atomic E-state index is 13.2. The molecule has 1 fully saturated rings. The standard InChI is InChI=1S/C25H29NO6/c1-3-14-30-25-22(26-18(2)27)24(31-16-20-12-8-5-9-13-20)23(28)21(32-25)17-29-15-19-10-6-4-7-11-19/h3-13,21-22,24-25H,1,14-17H2,2H3,(H,26,27)/t21-,22-,24-,25+/m1/s1. The molecule has 1 heterocycles. The zero-order valence-corrected chi connectivity index (χ0v) is 18.1. The molecule has 2 aromatic carbocycles. The van der Waals surface area contributed by atoms with Crippen molar-refractivity contribution in [2.45, 2.75) is 44.7 Å². The highest BCUT2D eigenvalue weighted by atomic mass is 16.7. The average molecular weight is 440 g/mol. The van der Waals surface area contributed by atoms with Crippen molar-refractivity contribution in [1.29, 1.82) is 0 Å². The van der Waals surface area contributed by atoms with Gasteiger partial charge in [0.1, 0.15) is 18.2 Å². The molecule has 7 nitrogen and oxygen atoms in total. The summed E-state index contributed by atoms with van der Waals surface area (Å²) in [5.74, 6) is -0.614. The molecule has 32 heavy (non-hydrogen) atoms. The van der Waals surface area contributed by atoms with Crippen molar-refractivity contribution in [3.8, 4) is 0 Å². The van der Waals surface area contributed by atoms with Crippen molar-refractivity contribution in [1.82, 2.24) is 5.32 Å². The number of carbonyl (C=O) groups is 2. The smallest absolute Gasteiger partial charge is 0.217 e. The van der Waals surface area contributed by atoms with E-state index in [-0.39, 0.29) is 31.5 Å². The summed E-state index contributed by atoms with van der Waals surface area (Å²) in [7, 11) is 0. The van der Waals surface area contributed by atoms with E-state index in [1.807, 2.05) is 60.7 Å². The van der Waals surface area contributed by atoms with Crippen LogP contribution in [-0.4, -0.2) is 49.4 Å². The lowest BCUT2D eigenvalue weighted by Gasteiger charge is -2.40. The van der Waals surface area contributed by atoms with Crippen molar-refractivity contribution in [2.75, 3.05) is 13.2 Å². The SMILES string of the molecule is C=CCO[C@H]1O[C@H](COCc2ccccc2)C(=O)[C@H](OCc2ccccc2)[C@H]1NC(C)=O. The molecular formula is C25H29NO6. The summed E-state index contributed by atoms with van der Waals surface area (Å²) in [6.07, 6.45) is -1.15. The second-order valence-electron chi connectivity index (χ2n) is 7.46. The van der Waals surface area contributed by atoms with Gasteiger partial charge < -0.3 is 24.3 Å². The summed E-state index contributed by atoms with van der Waals surface area (Å²) >= 11 is 0. The predicted molar refractivity (Wildman–Crippen MR) is 119 cm³/mol. The van der Waals surface area contributed by atoms with E-state index >= 15 is 0 Å². The second kappa shape index (κ2) is 12.3. The van der Waals surface area contributed by atoms with Crippen molar-refractivity contribution in [2.24, 2.45) is 0 Å². The number of hydrogen-bond donors (Lipinski definition) is 1. The fraction of sp³-hybridized carbons (Fsp3) is 0.360. The second-order valence-corrected chi connectivity index (χ2v) is 7.46. The first-order valence-corrected chi connectivity index (χ1v) is 10.5. The zero-order chi connectivity index (χ0) is 22.8. The Kier molecular flexibility index (Phi) is 9.13. The van der Waals surface area contributed by atoms with Crippen LogP contribution in [0.5, 0.6) is 0 Å². The topological polar surface area (TPSA) is 83.1 Å². The molecule has 1 aliphatic rings. The molecular weight excluding hydrogens is 410 g/mol. The molecule has 7 heteroatoms. The quantitative estimate of drug-likeness (QED) is 0.542. The number of carbonyl (C=O) groups excluding carboxylic acids is 2. The van der Waals surface area contributed by atoms with Crippen molar-refractivity contribution in [3.05, 3.63) is 84.4 Å². The van der Waals surface area contributed by atoms with Crippen LogP contribution in [0.3, 0.4) is 0 Å². The van der Waals surface area contributed by atoms with Gasteiger partial charge in [0.2, 0.25) is 5.91 Å². The van der Waals surface area contributed by atoms with E-state index in [0.29, 0.717) is 6.61 Å². The third-order valence-electron chi connectivity index (χ3n) is 4.92. The Morgan fingerprint density at radius 2 is 1.66 bits per heavy atom. The first kappa shape index (κ1) is 23.8. The number of ketones is 1. The first-order valence-electron chi connectivity index (χ1n) is 10.5. The van der Waals surface area contributed by atoms with Gasteiger partial charge in [-0.1, -0.05) is 66.7 Å². The van der Waals surface area contributed by atoms with E-state index in [1.54, 1.807) is 6.08 Å². The van der Waals surface area contributed by atoms with Crippen LogP contribution < -0.4 is 5.32 Å². The molecule has 1 saturated heterocycles. The highest BCUT2D eigenvalue weighted by molar-refractivity contribution is 5.90. The van der Waals surface area contributed by atoms with E-state index in [9.17, 15) is 9.59 Å². The summed E-state index contributed by atoms with van der Waals surface area (Å²) < 4.78 is 23.4. The Bertz CT molecular complexity index is 873. The van der Waals surface area contributed by atoms with Crippen molar-refractivity contribution < 1.29 is 28.5 Å². The molecule has 170 valence electrons. The molecule has 1 aliphatic heterocycles. The molecule has 0 spiro atoms. The minimum absolute atomic E-state index is 0.0413. The first-order chi connectivity index (χ1) is 15.6. The van der Waals surface area contributed by atoms with Crippen LogP contribution >= 0.6 is 0 Å². The summed E-state index contributed by atoms with van der Waals surface area (Å²) in [6.45, 7) is 5.81. The van der Waals surface area contributed by atoms with Crippen LogP contribution in [0.25, 0.3) is 0 Å². The van der Waals surface area contributed by atoms with E-state index in [2.05, 4.69) is 11.9 Å². The highest BCUT2D eigenvalue weighted by Gasteiger charge is 2.47. The molecule has 1 amide bonds. The Labute approximate surface area is 188 Å². The van der Waals surface area contributed by atoms with Crippen LogP contribution in [-0.2, 0) is 41.8 Å². The van der Waals surface area contributed by atoms with Gasteiger partial charge in [0.05, 0.1) is 26.4 Å². The number of hydrogen-bond acceptors (Lipinski definition) is 6. The molecule has 0 aromatic heterocycles. The molecule has 2 aromatic rings. The minimum Gasteiger partial charge on any atom is -0.374 e. The molecule has 1 N–H and O–H groups in total. The number of nitrogens with one attached hydrogen (secondary N) is 1. The highest BCUT2D eigenvalue weighted by Crippen LogP contribution is 2.23. The van der Waals surface area contributed by atoms with E-state index < -0.39 is 24.5 Å². The lowest BCUT2D eigenvalue weighted by Crippen LogP contribution is -2.63. The summed E-state index contributed by atoms with van der Waals surface area (Å²) in [5, 5.41) is 2.75. The lowest BCUT2D eigenvalue weighted by atomic mass is 9.98. The Hall–Kier alpha value is -2.84. The number of benzene rings is 2. The van der Waals surface area contributed by atoms with Crippen LogP contribution in [0, 0.1) is 0 Å². The van der Waals surface area contributed by atoms with Gasteiger partial charge in [-0.25, -0.2) is 0 Å². The van der Waals surface area contributed by atoms with Gasteiger partial charge in [0, 0.05) is 6.92 Å². The third-order valence-corrected chi connectivity index (χ3v) is 4.92. The van der Waals surface area contributed by atoms with E-state index in [0.717, 1.165) is 11.1 Å². The van der Waals surface area contributed by atoms with Crippen molar-refractivity contribution in [3.63, 3.8) is 0 Å². The monoisotopic (exact) mass is 439 g/mol. The largest absolute Gasteiger partial charge is 0.374 e. The third kappa shape index (κ3) is 6.83. The maximum Gasteiger partial charge on any atom is 0.217 e. The van der Waals surface area contributed by atoms with Crippen LogP contribution in [0.1, 0.15) is 18.1 Å². The average Bonchev–Trinajstić information content (AvgIpc) is 2.80.